The minimum absolute atomic E-state index is 0.218. The summed E-state index contributed by atoms with van der Waals surface area (Å²) in [7, 11) is 0. The Hall–Kier alpha value is -2.48. The Bertz CT molecular complexity index is 534. The third kappa shape index (κ3) is 2.86. The molecule has 2 aromatic carbocycles. The smallest absolute Gasteiger partial charge is 0.177 e. The third-order valence-electron chi connectivity index (χ3n) is 2.92. The number of hydrogen-bond acceptors (Lipinski definition) is 2. The molecule has 19 heavy (non-hydrogen) atoms. The van der Waals surface area contributed by atoms with Gasteiger partial charge in [-0.05, 0) is 0 Å². The monoisotopic (exact) mass is 250 g/mol. The van der Waals surface area contributed by atoms with Crippen LogP contribution in [0.15, 0.2) is 73.3 Å². The molecule has 2 nitrogen and oxygen atoms in total. The van der Waals surface area contributed by atoms with E-state index in [1.165, 1.54) is 6.08 Å². The molecule has 0 atom stereocenters. The van der Waals surface area contributed by atoms with Crippen LogP contribution >= 0.6 is 0 Å². The normalized spacial score (nSPS) is 10.2. The third-order valence-corrected chi connectivity index (χ3v) is 2.92. The zero-order valence-corrected chi connectivity index (χ0v) is 10.5. The van der Waals surface area contributed by atoms with Gasteiger partial charge >= 0.3 is 0 Å². The van der Waals surface area contributed by atoms with Crippen molar-refractivity contribution in [2.24, 2.45) is 5.92 Å². The Morgan fingerprint density at radius 3 is 1.47 bits per heavy atom. The van der Waals surface area contributed by atoms with Crippen LogP contribution in [0.25, 0.3) is 0 Å². The van der Waals surface area contributed by atoms with E-state index >= 15 is 0 Å². The lowest BCUT2D eigenvalue weighted by atomic mass is 9.90. The van der Waals surface area contributed by atoms with Gasteiger partial charge in [0.1, 0.15) is 5.92 Å². The van der Waals surface area contributed by atoms with Crippen molar-refractivity contribution in [3.05, 3.63) is 84.4 Å². The fourth-order valence-corrected chi connectivity index (χ4v) is 1.90. The van der Waals surface area contributed by atoms with Crippen molar-refractivity contribution < 1.29 is 9.59 Å². The molecule has 0 spiro atoms. The van der Waals surface area contributed by atoms with Gasteiger partial charge in [0.2, 0.25) is 0 Å². The lowest BCUT2D eigenvalue weighted by Gasteiger charge is -2.10. The van der Waals surface area contributed by atoms with Crippen LogP contribution in [-0.4, -0.2) is 11.6 Å². The van der Waals surface area contributed by atoms with E-state index < -0.39 is 5.92 Å². The predicted octanol–water partition coefficient (Wildman–Crippen LogP) is 3.55. The summed E-state index contributed by atoms with van der Waals surface area (Å²) in [6.45, 7) is 3.61. The first kappa shape index (κ1) is 13.0. The summed E-state index contributed by atoms with van der Waals surface area (Å²) in [5, 5.41) is 0. The van der Waals surface area contributed by atoms with Crippen molar-refractivity contribution in [2.75, 3.05) is 0 Å². The van der Waals surface area contributed by atoms with Gasteiger partial charge in [-0.25, -0.2) is 0 Å². The maximum atomic E-state index is 12.3. The SMILES string of the molecule is C=CC(C(=O)c1ccccc1)C(=O)c1ccccc1. The van der Waals surface area contributed by atoms with Gasteiger partial charge in [-0.1, -0.05) is 66.7 Å². The zero-order chi connectivity index (χ0) is 13.7. The molecular formula is C17H14O2. The summed E-state index contributed by atoms with van der Waals surface area (Å²) in [5.74, 6) is -1.27. The summed E-state index contributed by atoms with van der Waals surface area (Å²) < 4.78 is 0. The molecule has 0 aromatic heterocycles. The van der Waals surface area contributed by atoms with Crippen LogP contribution in [0.3, 0.4) is 0 Å². The van der Waals surface area contributed by atoms with Gasteiger partial charge in [0.25, 0.3) is 0 Å². The fourth-order valence-electron chi connectivity index (χ4n) is 1.90. The van der Waals surface area contributed by atoms with E-state index in [1.54, 1.807) is 48.5 Å². The van der Waals surface area contributed by atoms with Gasteiger partial charge in [0.05, 0.1) is 0 Å². The van der Waals surface area contributed by atoms with Crippen molar-refractivity contribution in [2.45, 2.75) is 0 Å². The van der Waals surface area contributed by atoms with Gasteiger partial charge in [0, 0.05) is 11.1 Å². The van der Waals surface area contributed by atoms with Crippen LogP contribution in [0.4, 0.5) is 0 Å². The zero-order valence-electron chi connectivity index (χ0n) is 10.5. The maximum absolute atomic E-state index is 12.3. The van der Waals surface area contributed by atoms with Crippen LogP contribution in [0.1, 0.15) is 20.7 Å². The minimum atomic E-state index is -0.829. The second kappa shape index (κ2) is 5.91. The number of carbonyl (C=O) groups is 2. The second-order valence-electron chi connectivity index (χ2n) is 4.17. The maximum Gasteiger partial charge on any atom is 0.177 e. The van der Waals surface area contributed by atoms with E-state index in [-0.39, 0.29) is 11.6 Å². The quantitative estimate of drug-likeness (QED) is 0.462. The van der Waals surface area contributed by atoms with Crippen molar-refractivity contribution in [1.29, 1.82) is 0 Å². The Labute approximate surface area is 112 Å². The Balaban J connectivity index is 2.29. The summed E-state index contributed by atoms with van der Waals surface area (Å²) in [6, 6.07) is 17.6. The lowest BCUT2D eigenvalue weighted by Crippen LogP contribution is -2.22. The van der Waals surface area contributed by atoms with Crippen molar-refractivity contribution >= 4 is 11.6 Å². The Morgan fingerprint density at radius 1 is 0.789 bits per heavy atom. The first-order valence-electron chi connectivity index (χ1n) is 6.05. The largest absolute Gasteiger partial charge is 0.293 e. The first-order chi connectivity index (χ1) is 9.24. The summed E-state index contributed by atoms with van der Waals surface area (Å²) in [6.07, 6.45) is 1.41. The highest BCUT2D eigenvalue weighted by Crippen LogP contribution is 2.16. The van der Waals surface area contributed by atoms with Crippen molar-refractivity contribution in [3.8, 4) is 0 Å². The topological polar surface area (TPSA) is 34.1 Å². The molecule has 0 saturated heterocycles. The molecule has 0 radical (unpaired) electrons. The fraction of sp³-hybridized carbons (Fsp3) is 0.0588. The van der Waals surface area contributed by atoms with E-state index in [2.05, 4.69) is 6.58 Å². The predicted molar refractivity (Wildman–Crippen MR) is 75.2 cm³/mol. The van der Waals surface area contributed by atoms with E-state index in [4.69, 9.17) is 0 Å². The molecule has 2 aromatic rings. The van der Waals surface area contributed by atoms with Crippen LogP contribution in [0.2, 0.25) is 0 Å². The molecule has 0 aliphatic rings. The average molecular weight is 250 g/mol. The molecule has 0 aliphatic carbocycles. The van der Waals surface area contributed by atoms with Crippen LogP contribution in [-0.2, 0) is 0 Å². The molecule has 0 bridgehead atoms. The van der Waals surface area contributed by atoms with Gasteiger partial charge in [-0.3, -0.25) is 9.59 Å². The van der Waals surface area contributed by atoms with Crippen molar-refractivity contribution in [1.82, 2.24) is 0 Å². The van der Waals surface area contributed by atoms with Crippen LogP contribution in [0, 0.1) is 5.92 Å². The molecule has 0 aliphatic heterocycles. The molecule has 0 unspecified atom stereocenters. The summed E-state index contributed by atoms with van der Waals surface area (Å²) in [4.78, 5) is 24.6. The van der Waals surface area contributed by atoms with Crippen LogP contribution < -0.4 is 0 Å². The second-order valence-corrected chi connectivity index (χ2v) is 4.17. The summed E-state index contributed by atoms with van der Waals surface area (Å²) >= 11 is 0. The van der Waals surface area contributed by atoms with Gasteiger partial charge in [0.15, 0.2) is 11.6 Å². The number of ketones is 2. The number of rotatable bonds is 5. The van der Waals surface area contributed by atoms with Gasteiger partial charge in [-0.2, -0.15) is 0 Å². The Morgan fingerprint density at radius 2 is 1.16 bits per heavy atom. The van der Waals surface area contributed by atoms with Crippen LogP contribution in [0.5, 0.6) is 0 Å². The molecule has 0 N–H and O–H groups in total. The van der Waals surface area contributed by atoms with Crippen molar-refractivity contribution in [3.63, 3.8) is 0 Å². The number of benzene rings is 2. The molecule has 0 fully saturated rings. The van der Waals surface area contributed by atoms with Gasteiger partial charge in [-0.15, -0.1) is 6.58 Å². The molecular weight excluding hydrogens is 236 g/mol. The standard InChI is InChI=1S/C17H14O2/c1-2-15(16(18)13-9-5-3-6-10-13)17(19)14-11-7-4-8-12-14/h2-12,15H,1H2. The number of hydrogen-bond donors (Lipinski definition) is 0. The lowest BCUT2D eigenvalue weighted by molar-refractivity contribution is 0.0841. The minimum Gasteiger partial charge on any atom is -0.293 e. The number of carbonyl (C=O) groups excluding carboxylic acids is 2. The molecule has 0 heterocycles. The Kier molecular flexibility index (Phi) is 4.04. The highest BCUT2D eigenvalue weighted by molar-refractivity contribution is 6.17. The number of Topliss-reactive ketones (excluding diaryl/α,β-unsaturated/α-hetero) is 2. The van der Waals surface area contributed by atoms with Gasteiger partial charge < -0.3 is 0 Å². The average Bonchev–Trinajstić information content (AvgIpc) is 2.49. The molecule has 94 valence electrons. The number of allylic oxidation sites excluding steroid dienone is 1. The highest BCUT2D eigenvalue weighted by Gasteiger charge is 2.25. The highest BCUT2D eigenvalue weighted by atomic mass is 16.1. The van der Waals surface area contributed by atoms with E-state index in [1.807, 2.05) is 12.1 Å². The molecule has 2 heteroatoms. The molecule has 0 amide bonds. The first-order valence-corrected chi connectivity index (χ1v) is 6.05. The van der Waals surface area contributed by atoms with E-state index in [9.17, 15) is 9.59 Å². The van der Waals surface area contributed by atoms with E-state index in [0.717, 1.165) is 0 Å². The molecule has 2 rings (SSSR count). The molecule has 0 saturated carbocycles. The summed E-state index contributed by atoms with van der Waals surface area (Å²) in [5.41, 5.74) is 1.05. The van der Waals surface area contributed by atoms with E-state index in [0.29, 0.717) is 11.1 Å².